The monoisotopic (exact) mass is 340 g/mol. The summed E-state index contributed by atoms with van der Waals surface area (Å²) in [5.41, 5.74) is 1.29. The number of nitrogens with zero attached hydrogens (tertiary/aromatic N) is 2. The predicted octanol–water partition coefficient (Wildman–Crippen LogP) is 4.49. The van der Waals surface area contributed by atoms with E-state index in [1.54, 1.807) is 0 Å². The van der Waals surface area contributed by atoms with Gasteiger partial charge in [-0.1, -0.05) is 35.7 Å². The van der Waals surface area contributed by atoms with Crippen LogP contribution in [0.5, 0.6) is 0 Å². The smallest absolute Gasteiger partial charge is 0.0595 e. The van der Waals surface area contributed by atoms with Crippen LogP contribution < -0.4 is 0 Å². The molecule has 2 nitrogen and oxygen atoms in total. The minimum absolute atomic E-state index is 0.647. The molecule has 1 aromatic carbocycles. The molecule has 3 rings (SSSR count). The average Bonchev–Trinajstić information content (AvgIpc) is 2.57. The van der Waals surface area contributed by atoms with Crippen molar-refractivity contribution in [3.63, 3.8) is 0 Å². The fourth-order valence-corrected chi connectivity index (χ4v) is 4.12. The summed E-state index contributed by atoms with van der Waals surface area (Å²) < 4.78 is 0. The Kier molecular flexibility index (Phi) is 6.03. The van der Waals surface area contributed by atoms with Crippen LogP contribution in [-0.4, -0.2) is 48.6 Å². The quantitative estimate of drug-likeness (QED) is 0.796. The standard InChI is InChI=1S/C18H26Cl2N2/c19-17-7-6-15(13-18(17)20)8-12-21-9-4-5-16(14-21)22-10-2-1-3-11-22/h6-7,13,16H,1-5,8-12,14H2. The van der Waals surface area contributed by atoms with Crippen LogP contribution in [-0.2, 0) is 6.42 Å². The first-order valence-electron chi connectivity index (χ1n) is 8.63. The molecular formula is C18H26Cl2N2. The van der Waals surface area contributed by atoms with E-state index in [0.717, 1.165) is 19.0 Å². The fraction of sp³-hybridized carbons (Fsp3) is 0.667. The molecule has 0 radical (unpaired) electrons. The Balaban J connectivity index is 1.50. The molecule has 2 aliphatic rings. The second-order valence-electron chi connectivity index (χ2n) is 6.69. The van der Waals surface area contributed by atoms with Crippen LogP contribution in [0.3, 0.4) is 0 Å². The highest BCUT2D eigenvalue weighted by molar-refractivity contribution is 6.42. The maximum absolute atomic E-state index is 6.11. The van der Waals surface area contributed by atoms with Gasteiger partial charge < -0.3 is 4.90 Å². The summed E-state index contributed by atoms with van der Waals surface area (Å²) in [6.45, 7) is 6.23. The van der Waals surface area contributed by atoms with Gasteiger partial charge in [-0.25, -0.2) is 0 Å². The molecule has 1 unspecified atom stereocenters. The number of benzene rings is 1. The first-order valence-corrected chi connectivity index (χ1v) is 9.38. The lowest BCUT2D eigenvalue weighted by molar-refractivity contribution is 0.0833. The molecule has 0 spiro atoms. The maximum Gasteiger partial charge on any atom is 0.0595 e. The van der Waals surface area contributed by atoms with Crippen molar-refractivity contribution in [2.24, 2.45) is 0 Å². The summed E-state index contributed by atoms with van der Waals surface area (Å²) in [7, 11) is 0. The molecule has 0 aliphatic carbocycles. The Hall–Kier alpha value is -0.280. The van der Waals surface area contributed by atoms with Gasteiger partial charge in [0.1, 0.15) is 0 Å². The number of hydrogen-bond donors (Lipinski definition) is 0. The van der Waals surface area contributed by atoms with Gasteiger partial charge in [-0.15, -0.1) is 0 Å². The highest BCUT2D eigenvalue weighted by atomic mass is 35.5. The van der Waals surface area contributed by atoms with Gasteiger partial charge in [0.25, 0.3) is 0 Å². The molecule has 2 heterocycles. The Labute approximate surface area is 144 Å². The zero-order valence-corrected chi connectivity index (χ0v) is 14.7. The van der Waals surface area contributed by atoms with Gasteiger partial charge in [-0.05, 0) is 69.4 Å². The van der Waals surface area contributed by atoms with Crippen molar-refractivity contribution >= 4 is 23.2 Å². The maximum atomic E-state index is 6.11. The highest BCUT2D eigenvalue weighted by Crippen LogP contribution is 2.24. The van der Waals surface area contributed by atoms with Crippen LogP contribution in [0.4, 0.5) is 0 Å². The van der Waals surface area contributed by atoms with Crippen molar-refractivity contribution in [3.05, 3.63) is 33.8 Å². The molecule has 122 valence electrons. The van der Waals surface area contributed by atoms with Crippen molar-refractivity contribution in [2.75, 3.05) is 32.7 Å². The normalized spacial score (nSPS) is 24.5. The van der Waals surface area contributed by atoms with Crippen molar-refractivity contribution < 1.29 is 0 Å². The molecule has 2 saturated heterocycles. The number of hydrogen-bond acceptors (Lipinski definition) is 2. The van der Waals surface area contributed by atoms with Gasteiger partial charge >= 0.3 is 0 Å². The second kappa shape index (κ2) is 8.01. The molecule has 1 aromatic rings. The summed E-state index contributed by atoms with van der Waals surface area (Å²) in [6.07, 6.45) is 7.97. The van der Waals surface area contributed by atoms with Crippen LogP contribution in [0, 0.1) is 0 Å². The van der Waals surface area contributed by atoms with E-state index in [1.165, 1.54) is 63.8 Å². The van der Waals surface area contributed by atoms with E-state index in [0.29, 0.717) is 10.0 Å². The highest BCUT2D eigenvalue weighted by Gasteiger charge is 2.25. The van der Waals surface area contributed by atoms with Gasteiger partial charge in [0, 0.05) is 19.1 Å². The van der Waals surface area contributed by atoms with Crippen LogP contribution in [0.2, 0.25) is 10.0 Å². The summed E-state index contributed by atoms with van der Waals surface area (Å²) in [4.78, 5) is 5.36. The van der Waals surface area contributed by atoms with Crippen molar-refractivity contribution in [2.45, 2.75) is 44.6 Å². The fourth-order valence-electron chi connectivity index (χ4n) is 3.80. The Morgan fingerprint density at radius 2 is 1.77 bits per heavy atom. The average molecular weight is 341 g/mol. The molecule has 2 aliphatic heterocycles. The van der Waals surface area contributed by atoms with Gasteiger partial charge in [0.2, 0.25) is 0 Å². The second-order valence-corrected chi connectivity index (χ2v) is 7.51. The number of likely N-dealkylation sites (tertiary alicyclic amines) is 2. The minimum Gasteiger partial charge on any atom is -0.301 e. The van der Waals surface area contributed by atoms with E-state index >= 15 is 0 Å². The molecule has 22 heavy (non-hydrogen) atoms. The number of halogens is 2. The molecule has 0 amide bonds. The van der Waals surface area contributed by atoms with E-state index < -0.39 is 0 Å². The van der Waals surface area contributed by atoms with Gasteiger partial charge in [0.05, 0.1) is 10.0 Å². The molecule has 1 atom stereocenters. The van der Waals surface area contributed by atoms with Crippen LogP contribution in [0.25, 0.3) is 0 Å². The van der Waals surface area contributed by atoms with Gasteiger partial charge in [0.15, 0.2) is 0 Å². The topological polar surface area (TPSA) is 6.48 Å². The number of piperidine rings is 2. The summed E-state index contributed by atoms with van der Waals surface area (Å²) >= 11 is 12.1. The van der Waals surface area contributed by atoms with Crippen LogP contribution in [0.15, 0.2) is 18.2 Å². The Morgan fingerprint density at radius 1 is 0.955 bits per heavy atom. The van der Waals surface area contributed by atoms with E-state index in [2.05, 4.69) is 15.9 Å². The zero-order valence-electron chi connectivity index (χ0n) is 13.2. The zero-order chi connectivity index (χ0) is 15.4. The Bertz CT molecular complexity index is 486. The third kappa shape index (κ3) is 4.38. The lowest BCUT2D eigenvalue weighted by atomic mass is 10.0. The van der Waals surface area contributed by atoms with E-state index in [9.17, 15) is 0 Å². The minimum atomic E-state index is 0.647. The van der Waals surface area contributed by atoms with E-state index in [1.807, 2.05) is 12.1 Å². The molecule has 0 bridgehead atoms. The van der Waals surface area contributed by atoms with Gasteiger partial charge in [-0.2, -0.15) is 0 Å². The van der Waals surface area contributed by atoms with Crippen LogP contribution >= 0.6 is 23.2 Å². The first-order chi connectivity index (χ1) is 10.7. The van der Waals surface area contributed by atoms with E-state index in [-0.39, 0.29) is 0 Å². The van der Waals surface area contributed by atoms with Crippen molar-refractivity contribution in [1.29, 1.82) is 0 Å². The molecule has 0 N–H and O–H groups in total. The Morgan fingerprint density at radius 3 is 2.55 bits per heavy atom. The van der Waals surface area contributed by atoms with Crippen LogP contribution in [0.1, 0.15) is 37.7 Å². The molecule has 0 saturated carbocycles. The SMILES string of the molecule is Clc1ccc(CCN2CCCC(N3CCCCC3)C2)cc1Cl. The summed E-state index contributed by atoms with van der Waals surface area (Å²) in [6, 6.07) is 6.80. The number of rotatable bonds is 4. The lowest BCUT2D eigenvalue weighted by Crippen LogP contribution is -2.49. The molecule has 4 heteroatoms. The lowest BCUT2D eigenvalue weighted by Gasteiger charge is -2.41. The summed E-state index contributed by atoms with van der Waals surface area (Å²) in [5, 5.41) is 1.32. The first kappa shape index (κ1) is 16.6. The van der Waals surface area contributed by atoms with Gasteiger partial charge in [-0.3, -0.25) is 4.90 Å². The van der Waals surface area contributed by atoms with Crippen molar-refractivity contribution in [1.82, 2.24) is 9.80 Å². The predicted molar refractivity (Wildman–Crippen MR) is 95.1 cm³/mol. The largest absolute Gasteiger partial charge is 0.301 e. The summed E-state index contributed by atoms with van der Waals surface area (Å²) in [5.74, 6) is 0. The third-order valence-corrected chi connectivity index (χ3v) is 5.83. The molecule has 0 aromatic heterocycles. The van der Waals surface area contributed by atoms with Crippen molar-refractivity contribution in [3.8, 4) is 0 Å². The molecular weight excluding hydrogens is 315 g/mol. The molecule has 2 fully saturated rings. The third-order valence-electron chi connectivity index (χ3n) is 5.09. The van der Waals surface area contributed by atoms with E-state index in [4.69, 9.17) is 23.2 Å².